The summed E-state index contributed by atoms with van der Waals surface area (Å²) in [5.41, 5.74) is 0.480. The molecule has 2 heterocycles. The van der Waals surface area contributed by atoms with Crippen molar-refractivity contribution in [2.45, 2.75) is 19.0 Å². The SMILES string of the molecule is COC(=O)c1cnc(-c2cc(Oc3cccc(CCC(=O)Nc4ccc([ClH+])c(C(F)(F)F)c4)c3)ccn2)[nH]1. The number of imidazole rings is 1. The third-order valence-corrected chi connectivity index (χ3v) is 5.65. The number of hydrogen-bond donors (Lipinski definition) is 2. The van der Waals surface area contributed by atoms with Crippen LogP contribution in [0.3, 0.4) is 0 Å². The van der Waals surface area contributed by atoms with Gasteiger partial charge in [0.1, 0.15) is 28.5 Å². The van der Waals surface area contributed by atoms with Crippen LogP contribution >= 0.6 is 0 Å². The molecule has 0 unspecified atom stereocenters. The molecule has 38 heavy (non-hydrogen) atoms. The fraction of sp³-hybridized carbons (Fsp3) is 0.154. The number of nitrogens with zero attached hydrogens (tertiary/aromatic N) is 2. The number of methoxy groups -OCH3 is 1. The molecule has 8 nitrogen and oxygen atoms in total. The van der Waals surface area contributed by atoms with Gasteiger partial charge in [-0.15, -0.1) is 0 Å². The molecule has 0 aliphatic carbocycles. The molecule has 2 aromatic heterocycles. The van der Waals surface area contributed by atoms with Crippen molar-refractivity contribution in [3.63, 3.8) is 0 Å². The van der Waals surface area contributed by atoms with Crippen molar-refractivity contribution in [3.05, 3.63) is 88.8 Å². The first-order valence-corrected chi connectivity index (χ1v) is 11.6. The van der Waals surface area contributed by atoms with Crippen LogP contribution in [0.1, 0.15) is 28.0 Å². The Hall–Kier alpha value is -4.38. The number of anilines is 1. The summed E-state index contributed by atoms with van der Waals surface area (Å²) in [5, 5.41) is 2.15. The predicted octanol–water partition coefficient (Wildman–Crippen LogP) is 5.34. The lowest BCUT2D eigenvalue weighted by Gasteiger charge is -2.10. The molecule has 0 radical (unpaired) electrons. The Kier molecular flexibility index (Phi) is 7.96. The highest BCUT2D eigenvalue weighted by Crippen LogP contribution is 2.34. The first kappa shape index (κ1) is 26.7. The summed E-state index contributed by atoms with van der Waals surface area (Å²) in [7, 11) is 1.27. The van der Waals surface area contributed by atoms with Crippen LogP contribution in [0.5, 0.6) is 11.5 Å². The molecule has 2 N–H and O–H groups in total. The highest BCUT2D eigenvalue weighted by molar-refractivity contribution is 5.91. The molecule has 0 aliphatic heterocycles. The molecule has 0 spiro atoms. The highest BCUT2D eigenvalue weighted by atomic mass is 35.5. The number of esters is 1. The van der Waals surface area contributed by atoms with Gasteiger partial charge in [-0.2, -0.15) is 13.2 Å². The normalized spacial score (nSPS) is 11.2. The van der Waals surface area contributed by atoms with Crippen LogP contribution in [0.25, 0.3) is 11.5 Å². The van der Waals surface area contributed by atoms with Gasteiger partial charge in [0.05, 0.1) is 13.3 Å². The Balaban J connectivity index is 1.38. The maximum Gasteiger partial charge on any atom is 0.422 e. The number of aryl methyl sites for hydroxylation is 1. The van der Waals surface area contributed by atoms with Crippen LogP contribution in [0.15, 0.2) is 67.0 Å². The summed E-state index contributed by atoms with van der Waals surface area (Å²) >= 11 is 4.72. The number of benzene rings is 2. The molecule has 4 aromatic rings. The second kappa shape index (κ2) is 11.3. The zero-order valence-electron chi connectivity index (χ0n) is 19.8. The molecule has 0 fully saturated rings. The zero-order chi connectivity index (χ0) is 27.3. The number of pyridine rings is 1. The fourth-order valence-electron chi connectivity index (χ4n) is 3.48. The lowest BCUT2D eigenvalue weighted by atomic mass is 10.1. The number of rotatable bonds is 8. The van der Waals surface area contributed by atoms with E-state index < -0.39 is 23.6 Å². The summed E-state index contributed by atoms with van der Waals surface area (Å²) < 4.78 is 49.8. The lowest BCUT2D eigenvalue weighted by molar-refractivity contribution is -0.296. The minimum atomic E-state index is -4.60. The third kappa shape index (κ3) is 6.68. The topological polar surface area (TPSA) is 106 Å². The van der Waals surface area contributed by atoms with Crippen molar-refractivity contribution in [1.29, 1.82) is 0 Å². The number of carbonyl (C=O) groups is 2. The van der Waals surface area contributed by atoms with Crippen molar-refractivity contribution >= 4 is 17.6 Å². The quantitative estimate of drug-likeness (QED) is 0.290. The summed E-state index contributed by atoms with van der Waals surface area (Å²) in [6, 6.07) is 13.7. The Morgan fingerprint density at radius 1 is 1.05 bits per heavy atom. The van der Waals surface area contributed by atoms with Crippen molar-refractivity contribution in [2.75, 3.05) is 12.4 Å². The molecule has 0 saturated heterocycles. The first-order valence-electron chi connectivity index (χ1n) is 11.2. The molecular weight excluding hydrogens is 525 g/mol. The zero-order valence-corrected chi connectivity index (χ0v) is 20.7. The molecule has 196 valence electrons. The molecule has 0 atom stereocenters. The van der Waals surface area contributed by atoms with E-state index in [-0.39, 0.29) is 22.8 Å². The van der Waals surface area contributed by atoms with Crippen molar-refractivity contribution in [2.24, 2.45) is 0 Å². The number of aromatic amines is 1. The summed E-state index contributed by atoms with van der Waals surface area (Å²) in [6.07, 6.45) is -1.35. The average molecular weight is 546 g/mol. The standard InChI is InChI=1S/C26H20ClF3N4O4/c1-37-25(36)22-14-32-24(34-22)21-13-18(9-10-31-21)38-17-4-2-3-15(11-17)5-8-23(35)33-16-6-7-20(27)19(12-16)26(28,29)30/h2-4,6-7,9-14,27H,5,8H2,1H3,(H-,31,32,33,34,35,36)/p+1. The van der Waals surface area contributed by atoms with Gasteiger partial charge in [-0.1, -0.05) is 12.1 Å². The first-order chi connectivity index (χ1) is 18.1. The second-order valence-electron chi connectivity index (χ2n) is 8.02. The van der Waals surface area contributed by atoms with Crippen molar-refractivity contribution < 1.29 is 43.8 Å². The highest BCUT2D eigenvalue weighted by Gasteiger charge is 2.36. The van der Waals surface area contributed by atoms with Crippen LogP contribution in [0.4, 0.5) is 18.9 Å². The molecule has 12 heteroatoms. The third-order valence-electron chi connectivity index (χ3n) is 5.30. The maximum atomic E-state index is 13.1. The minimum absolute atomic E-state index is 0.0248. The Labute approximate surface area is 219 Å². The van der Waals surface area contributed by atoms with Crippen LogP contribution in [-0.2, 0) is 22.1 Å². The number of amides is 1. The van der Waals surface area contributed by atoms with E-state index in [0.717, 1.165) is 17.7 Å². The Morgan fingerprint density at radius 2 is 1.84 bits per heavy atom. The lowest BCUT2D eigenvalue weighted by Crippen LogP contribution is -2.14. The fourth-order valence-corrected chi connectivity index (χ4v) is 3.72. The molecule has 1 amide bonds. The Morgan fingerprint density at radius 3 is 2.61 bits per heavy atom. The Bertz CT molecular complexity index is 1470. The number of alkyl halides is 3. The predicted molar refractivity (Wildman–Crippen MR) is 129 cm³/mol. The molecule has 2 aromatic carbocycles. The number of halogens is 4. The maximum absolute atomic E-state index is 13.1. The van der Waals surface area contributed by atoms with E-state index in [4.69, 9.17) is 16.3 Å². The minimum Gasteiger partial charge on any atom is -0.464 e. The van der Waals surface area contributed by atoms with Gasteiger partial charge < -0.3 is 19.8 Å². The van der Waals surface area contributed by atoms with E-state index >= 15 is 0 Å². The van der Waals surface area contributed by atoms with Gasteiger partial charge in [-0.25, -0.2) is 9.78 Å². The molecular formula is C26H21ClF3N4O4+. The number of carbonyl (C=O) groups excluding carboxylic acids is 2. The molecule has 0 bridgehead atoms. The number of aromatic nitrogens is 3. The van der Waals surface area contributed by atoms with Crippen LogP contribution in [0, 0.1) is 11.6 Å². The number of H-pyrrole nitrogens is 1. The molecule has 4 rings (SSSR count). The van der Waals surface area contributed by atoms with Gasteiger partial charge >= 0.3 is 12.1 Å². The van der Waals surface area contributed by atoms with Gasteiger partial charge in [0.25, 0.3) is 0 Å². The largest absolute Gasteiger partial charge is 0.464 e. The van der Waals surface area contributed by atoms with Gasteiger partial charge in [-0.05, 0) is 42.3 Å². The molecule has 0 aliphatic rings. The van der Waals surface area contributed by atoms with Gasteiger partial charge in [0, 0.05) is 30.4 Å². The van der Waals surface area contributed by atoms with Crippen LogP contribution < -0.4 is 10.1 Å². The van der Waals surface area contributed by atoms with Gasteiger partial charge in [0.2, 0.25) is 10.9 Å². The number of hydrogen-bond acceptors (Lipinski definition) is 6. The van der Waals surface area contributed by atoms with Crippen molar-refractivity contribution in [3.8, 4) is 23.0 Å². The number of nitrogens with one attached hydrogen (secondary N) is 2. The smallest absolute Gasteiger partial charge is 0.422 e. The number of ether oxygens (including phenoxy) is 2. The van der Waals surface area contributed by atoms with E-state index in [9.17, 15) is 22.8 Å². The average Bonchev–Trinajstić information content (AvgIpc) is 3.38. The summed E-state index contributed by atoms with van der Waals surface area (Å²) in [6.45, 7) is 0. The monoisotopic (exact) mass is 545 g/mol. The van der Waals surface area contributed by atoms with Crippen LogP contribution in [0.2, 0.25) is 5.02 Å². The van der Waals surface area contributed by atoms with E-state index in [1.807, 2.05) is 6.07 Å². The van der Waals surface area contributed by atoms with Gasteiger partial charge in [-0.3, -0.25) is 9.78 Å². The second-order valence-corrected chi connectivity index (χ2v) is 8.46. The van der Waals surface area contributed by atoms with E-state index in [2.05, 4.69) is 25.0 Å². The molecule has 0 saturated carbocycles. The van der Waals surface area contributed by atoms with E-state index in [1.54, 1.807) is 30.3 Å². The van der Waals surface area contributed by atoms with E-state index in [0.29, 0.717) is 29.4 Å². The van der Waals surface area contributed by atoms with Gasteiger partial charge in [0.15, 0.2) is 17.4 Å². The van der Waals surface area contributed by atoms with E-state index in [1.165, 1.54) is 25.6 Å². The van der Waals surface area contributed by atoms with Crippen LogP contribution in [-0.4, -0.2) is 33.9 Å². The summed E-state index contributed by atoms with van der Waals surface area (Å²) in [4.78, 5) is 35.2. The summed E-state index contributed by atoms with van der Waals surface area (Å²) in [5.74, 6) is 0.338. The van der Waals surface area contributed by atoms with Crippen molar-refractivity contribution in [1.82, 2.24) is 15.0 Å².